The molecule has 0 aliphatic heterocycles. The number of nitrogens with zero attached hydrogens (tertiary/aromatic N) is 2. The van der Waals surface area contributed by atoms with Gasteiger partial charge in [-0.25, -0.2) is 5.10 Å². The van der Waals surface area contributed by atoms with E-state index in [-0.39, 0.29) is 17.9 Å². The van der Waals surface area contributed by atoms with Crippen LogP contribution in [0.25, 0.3) is 10.8 Å². The van der Waals surface area contributed by atoms with E-state index in [4.69, 9.17) is 0 Å². The van der Waals surface area contributed by atoms with Crippen LogP contribution in [0.1, 0.15) is 24.1 Å². The number of hydrogen-bond acceptors (Lipinski definition) is 3. The lowest BCUT2D eigenvalue weighted by Crippen LogP contribution is -2.36. The quantitative estimate of drug-likeness (QED) is 0.745. The molecule has 4 rings (SSSR count). The molecule has 0 radical (unpaired) electrons. The summed E-state index contributed by atoms with van der Waals surface area (Å²) in [5.41, 5.74) is 1.65. The molecular formula is C21H21N3O2. The molecule has 1 fully saturated rings. The molecule has 0 bridgehead atoms. The molecule has 0 atom stereocenters. The van der Waals surface area contributed by atoms with E-state index in [1.165, 1.54) is 5.56 Å². The fourth-order valence-electron chi connectivity index (χ4n) is 3.34. The molecule has 1 N–H and O–H groups in total. The van der Waals surface area contributed by atoms with Crippen LogP contribution in [-0.2, 0) is 17.6 Å². The van der Waals surface area contributed by atoms with Gasteiger partial charge in [-0.3, -0.25) is 9.59 Å². The molecule has 132 valence electrons. The van der Waals surface area contributed by atoms with E-state index in [1.807, 2.05) is 41.3 Å². The molecule has 5 heteroatoms. The minimum absolute atomic E-state index is 0.0770. The van der Waals surface area contributed by atoms with E-state index in [9.17, 15) is 9.59 Å². The largest absolute Gasteiger partial charge is 0.339 e. The van der Waals surface area contributed by atoms with Crippen molar-refractivity contribution in [3.63, 3.8) is 0 Å². The van der Waals surface area contributed by atoms with Gasteiger partial charge in [-0.05, 0) is 30.9 Å². The Morgan fingerprint density at radius 2 is 1.73 bits per heavy atom. The topological polar surface area (TPSA) is 66.1 Å². The third-order valence-electron chi connectivity index (χ3n) is 4.89. The number of rotatable bonds is 6. The average Bonchev–Trinajstić information content (AvgIpc) is 3.50. The van der Waals surface area contributed by atoms with Crippen LogP contribution in [0.5, 0.6) is 0 Å². The van der Waals surface area contributed by atoms with Crippen LogP contribution in [0.15, 0.2) is 59.4 Å². The Bertz CT molecular complexity index is 977. The zero-order valence-electron chi connectivity index (χ0n) is 14.5. The predicted molar refractivity (Wildman–Crippen MR) is 101 cm³/mol. The number of carbonyl (C=O) groups excluding carboxylic acids is 1. The van der Waals surface area contributed by atoms with Gasteiger partial charge in [-0.15, -0.1) is 0 Å². The molecule has 1 saturated carbocycles. The third kappa shape index (κ3) is 3.52. The smallest absolute Gasteiger partial charge is 0.272 e. The number of aromatic amines is 1. The van der Waals surface area contributed by atoms with Gasteiger partial charge in [0.15, 0.2) is 0 Å². The van der Waals surface area contributed by atoms with Crippen LogP contribution < -0.4 is 5.56 Å². The van der Waals surface area contributed by atoms with Crippen molar-refractivity contribution in [1.29, 1.82) is 0 Å². The Balaban J connectivity index is 1.52. The SMILES string of the molecule is O=C(Cc1n[nH]c(=O)c2ccccc12)N(CCc1ccccc1)C1CC1. The van der Waals surface area contributed by atoms with E-state index in [1.54, 1.807) is 6.07 Å². The third-order valence-corrected chi connectivity index (χ3v) is 4.89. The highest BCUT2D eigenvalue weighted by Crippen LogP contribution is 2.28. The summed E-state index contributed by atoms with van der Waals surface area (Å²) >= 11 is 0. The zero-order chi connectivity index (χ0) is 17.9. The lowest BCUT2D eigenvalue weighted by atomic mass is 10.1. The molecule has 1 heterocycles. The van der Waals surface area contributed by atoms with Crippen LogP contribution in [0, 0.1) is 0 Å². The Morgan fingerprint density at radius 3 is 2.46 bits per heavy atom. The van der Waals surface area contributed by atoms with E-state index in [2.05, 4.69) is 22.3 Å². The molecule has 1 aliphatic carbocycles. The maximum atomic E-state index is 12.9. The summed E-state index contributed by atoms with van der Waals surface area (Å²) in [6, 6.07) is 17.9. The first-order valence-corrected chi connectivity index (χ1v) is 9.02. The number of amides is 1. The minimum Gasteiger partial charge on any atom is -0.339 e. The average molecular weight is 347 g/mol. The van der Waals surface area contributed by atoms with Crippen molar-refractivity contribution < 1.29 is 4.79 Å². The summed E-state index contributed by atoms with van der Waals surface area (Å²) in [5.74, 6) is 0.0770. The molecule has 0 saturated heterocycles. The Morgan fingerprint density at radius 1 is 1.04 bits per heavy atom. The highest BCUT2D eigenvalue weighted by atomic mass is 16.2. The molecule has 26 heavy (non-hydrogen) atoms. The predicted octanol–water partition coefficient (Wildman–Crippen LogP) is 2.70. The molecule has 3 aromatic rings. The number of fused-ring (bicyclic) bond motifs is 1. The molecule has 0 spiro atoms. The van der Waals surface area contributed by atoms with Crippen molar-refractivity contribution >= 4 is 16.7 Å². The first-order valence-electron chi connectivity index (χ1n) is 9.02. The number of nitrogens with one attached hydrogen (secondary N) is 1. The summed E-state index contributed by atoms with van der Waals surface area (Å²) in [7, 11) is 0. The number of benzene rings is 2. The highest BCUT2D eigenvalue weighted by Gasteiger charge is 2.32. The van der Waals surface area contributed by atoms with Crippen LogP contribution in [0.3, 0.4) is 0 Å². The normalized spacial score (nSPS) is 13.7. The minimum atomic E-state index is -0.222. The molecular weight excluding hydrogens is 326 g/mol. The van der Waals surface area contributed by atoms with E-state index >= 15 is 0 Å². The zero-order valence-corrected chi connectivity index (χ0v) is 14.5. The van der Waals surface area contributed by atoms with E-state index < -0.39 is 0 Å². The summed E-state index contributed by atoms with van der Waals surface area (Å²) in [4.78, 5) is 26.8. The van der Waals surface area contributed by atoms with Crippen molar-refractivity contribution in [3.05, 3.63) is 76.2 Å². The van der Waals surface area contributed by atoms with Gasteiger partial charge in [0.05, 0.1) is 17.5 Å². The molecule has 1 aromatic heterocycles. The van der Waals surface area contributed by atoms with Crippen LogP contribution in [-0.4, -0.2) is 33.6 Å². The van der Waals surface area contributed by atoms with Gasteiger partial charge < -0.3 is 4.90 Å². The summed E-state index contributed by atoms with van der Waals surface area (Å²) < 4.78 is 0. The van der Waals surface area contributed by atoms with Crippen LogP contribution in [0.2, 0.25) is 0 Å². The van der Waals surface area contributed by atoms with Gasteiger partial charge in [0, 0.05) is 18.0 Å². The summed E-state index contributed by atoms with van der Waals surface area (Å²) in [6.45, 7) is 0.717. The molecule has 1 amide bonds. The highest BCUT2D eigenvalue weighted by molar-refractivity contribution is 5.88. The molecule has 5 nitrogen and oxygen atoms in total. The maximum absolute atomic E-state index is 12.9. The first kappa shape index (κ1) is 16.5. The number of carbonyl (C=O) groups is 1. The summed E-state index contributed by atoms with van der Waals surface area (Å²) in [5, 5.41) is 7.99. The van der Waals surface area contributed by atoms with Gasteiger partial charge in [-0.1, -0.05) is 48.5 Å². The van der Waals surface area contributed by atoms with E-state index in [0.717, 1.165) is 31.2 Å². The van der Waals surface area contributed by atoms with Crippen molar-refractivity contribution in [2.24, 2.45) is 0 Å². The fraction of sp³-hybridized carbons (Fsp3) is 0.286. The van der Waals surface area contributed by atoms with E-state index in [0.29, 0.717) is 17.1 Å². The first-order chi connectivity index (χ1) is 12.7. The molecule has 2 aromatic carbocycles. The fourth-order valence-corrected chi connectivity index (χ4v) is 3.34. The standard InChI is InChI=1S/C21H21N3O2/c25-20(14-19-17-8-4-5-9-18(17)21(26)23-22-19)24(16-10-11-16)13-12-15-6-2-1-3-7-15/h1-9,16H,10-14H2,(H,23,26). The van der Waals surface area contributed by atoms with Crippen molar-refractivity contribution in [2.75, 3.05) is 6.54 Å². The van der Waals surface area contributed by atoms with Crippen molar-refractivity contribution in [1.82, 2.24) is 15.1 Å². The molecule has 0 unspecified atom stereocenters. The number of H-pyrrole nitrogens is 1. The van der Waals surface area contributed by atoms with Crippen LogP contribution >= 0.6 is 0 Å². The number of aromatic nitrogens is 2. The Labute approximate surface area is 151 Å². The number of hydrogen-bond donors (Lipinski definition) is 1. The monoisotopic (exact) mass is 347 g/mol. The van der Waals surface area contributed by atoms with Gasteiger partial charge in [0.25, 0.3) is 5.56 Å². The van der Waals surface area contributed by atoms with Gasteiger partial charge in [0.1, 0.15) is 0 Å². The second-order valence-corrected chi connectivity index (χ2v) is 6.78. The van der Waals surface area contributed by atoms with Gasteiger partial charge >= 0.3 is 0 Å². The summed E-state index contributed by atoms with van der Waals surface area (Å²) in [6.07, 6.45) is 3.20. The maximum Gasteiger partial charge on any atom is 0.272 e. The lowest BCUT2D eigenvalue weighted by Gasteiger charge is -2.22. The Hall–Kier alpha value is -2.95. The van der Waals surface area contributed by atoms with Gasteiger partial charge in [-0.2, -0.15) is 5.10 Å². The second-order valence-electron chi connectivity index (χ2n) is 6.78. The molecule has 1 aliphatic rings. The van der Waals surface area contributed by atoms with Crippen molar-refractivity contribution in [2.45, 2.75) is 31.7 Å². The van der Waals surface area contributed by atoms with Gasteiger partial charge in [0.2, 0.25) is 5.91 Å². The Kier molecular flexibility index (Phi) is 4.52. The lowest BCUT2D eigenvalue weighted by molar-refractivity contribution is -0.131. The van der Waals surface area contributed by atoms with Crippen LogP contribution in [0.4, 0.5) is 0 Å². The second kappa shape index (κ2) is 7.12. The van der Waals surface area contributed by atoms with Crippen molar-refractivity contribution in [3.8, 4) is 0 Å².